The number of carbonyl (C=O) groups excluding carboxylic acids is 2. The molecule has 50 heavy (non-hydrogen) atoms. The van der Waals surface area contributed by atoms with E-state index in [0.29, 0.717) is 41.8 Å². The molecule has 3 aliphatic rings. The summed E-state index contributed by atoms with van der Waals surface area (Å²) in [4.78, 5) is 28.6. The van der Waals surface area contributed by atoms with Gasteiger partial charge < -0.3 is 40.3 Å². The molecular weight excluding hydrogens is 675 g/mol. The minimum Gasteiger partial charge on any atom is -0.492 e. The number of nitrogens with one attached hydrogen (secondary N) is 2. The van der Waals surface area contributed by atoms with Crippen LogP contribution in [0.15, 0.2) is 59.3 Å². The number of amides is 1. The molecule has 4 unspecified atom stereocenters. The van der Waals surface area contributed by atoms with Crippen molar-refractivity contribution in [3.05, 3.63) is 74.6 Å². The minimum atomic E-state index is -1.77. The van der Waals surface area contributed by atoms with Crippen LogP contribution in [-0.2, 0) is 26.3 Å². The third-order valence-corrected chi connectivity index (χ3v) is 12.9. The number of ether oxygens (including phenoxy) is 2. The van der Waals surface area contributed by atoms with Crippen LogP contribution in [-0.4, -0.2) is 95.8 Å². The third kappa shape index (κ3) is 8.78. The Balaban J connectivity index is 0.864. The lowest BCUT2D eigenvalue weighted by Crippen LogP contribution is -2.58. The first-order chi connectivity index (χ1) is 24.2. The average molecular weight is 726 g/mol. The Kier molecular flexibility index (Phi) is 12.6. The van der Waals surface area contributed by atoms with Crippen LogP contribution in [0.25, 0.3) is 0 Å². The highest BCUT2D eigenvalue weighted by Gasteiger charge is 2.46. The Labute approximate surface area is 302 Å². The van der Waals surface area contributed by atoms with Gasteiger partial charge in [-0.15, -0.1) is 22.7 Å². The first kappa shape index (κ1) is 36.9. The van der Waals surface area contributed by atoms with Gasteiger partial charge in [-0.25, -0.2) is 4.79 Å². The second-order valence-corrected chi connectivity index (χ2v) is 16.0. The highest BCUT2D eigenvalue weighted by Crippen LogP contribution is 2.39. The molecule has 3 heterocycles. The van der Waals surface area contributed by atoms with Crippen LogP contribution in [0.1, 0.15) is 66.7 Å². The largest absolute Gasteiger partial charge is 0.492 e. The number of carbonyl (C=O) groups is 2. The average Bonchev–Trinajstić information content (AvgIpc) is 3.87. The number of thiophene rings is 2. The number of likely N-dealkylation sites (N-methyl/N-ethyl adjacent to an activating group) is 1. The van der Waals surface area contributed by atoms with Crippen molar-refractivity contribution < 1.29 is 34.4 Å². The zero-order valence-corrected chi connectivity index (χ0v) is 30.4. The summed E-state index contributed by atoms with van der Waals surface area (Å²) in [6, 6.07) is 15.5. The lowest BCUT2D eigenvalue weighted by Gasteiger charge is -2.45. The summed E-state index contributed by atoms with van der Waals surface area (Å²) in [5.41, 5.74) is -0.580. The number of aliphatic hydroxyl groups is 3. The number of esters is 1. The molecular formula is C38H51N3O7S2. The molecule has 5 N–H and O–H groups in total. The zero-order chi connectivity index (χ0) is 35.1. The molecule has 2 aliphatic carbocycles. The van der Waals surface area contributed by atoms with Crippen LogP contribution >= 0.6 is 22.7 Å². The predicted octanol–water partition coefficient (Wildman–Crippen LogP) is 4.07. The summed E-state index contributed by atoms with van der Waals surface area (Å²) in [7, 11) is 2.11. The molecule has 6 rings (SSSR count). The SMILES string of the molecule is CN(CCOc1ccc(CCNC[C@H](O)C2CCC(O)C3NC(=O)CCC32)cc1)C1CCC(OC(=O)C(O)(c2cccs2)c2cccs2)CC1. The molecule has 2 aromatic heterocycles. The number of aliphatic hydroxyl groups excluding tert-OH is 2. The molecule has 12 heteroatoms. The van der Waals surface area contributed by atoms with E-state index in [9.17, 15) is 24.9 Å². The van der Waals surface area contributed by atoms with Gasteiger partial charge in [0.05, 0.1) is 28.0 Å². The van der Waals surface area contributed by atoms with Gasteiger partial charge in [-0.05, 0) is 117 Å². The Morgan fingerprint density at radius 3 is 2.38 bits per heavy atom. The monoisotopic (exact) mass is 725 g/mol. The summed E-state index contributed by atoms with van der Waals surface area (Å²) in [6.45, 7) is 2.60. The van der Waals surface area contributed by atoms with Crippen molar-refractivity contribution in [1.82, 2.24) is 15.5 Å². The number of nitrogens with zero attached hydrogens (tertiary/aromatic N) is 1. The summed E-state index contributed by atoms with van der Waals surface area (Å²) in [6.07, 6.45) is 5.49. The first-order valence-electron chi connectivity index (χ1n) is 18.0. The third-order valence-electron chi connectivity index (χ3n) is 10.9. The van der Waals surface area contributed by atoms with E-state index in [0.717, 1.165) is 63.8 Å². The smallest absolute Gasteiger partial charge is 0.349 e. The maximum Gasteiger partial charge on any atom is 0.349 e. The maximum atomic E-state index is 13.3. The van der Waals surface area contributed by atoms with E-state index in [2.05, 4.69) is 34.7 Å². The molecule has 1 saturated heterocycles. The number of hydrogen-bond donors (Lipinski definition) is 5. The van der Waals surface area contributed by atoms with E-state index in [-0.39, 0.29) is 29.9 Å². The Bertz CT molecular complexity index is 1460. The molecule has 3 fully saturated rings. The van der Waals surface area contributed by atoms with Crippen molar-refractivity contribution in [3.63, 3.8) is 0 Å². The van der Waals surface area contributed by atoms with Crippen molar-refractivity contribution in [3.8, 4) is 5.75 Å². The fraction of sp³-hybridized carbons (Fsp3) is 0.579. The van der Waals surface area contributed by atoms with Gasteiger partial charge in [0, 0.05) is 25.6 Å². The topological polar surface area (TPSA) is 141 Å². The molecule has 1 aliphatic heterocycles. The minimum absolute atomic E-state index is 0.00495. The van der Waals surface area contributed by atoms with Gasteiger partial charge in [0.2, 0.25) is 11.5 Å². The van der Waals surface area contributed by atoms with E-state index in [1.165, 1.54) is 28.2 Å². The van der Waals surface area contributed by atoms with Gasteiger partial charge in [0.25, 0.3) is 0 Å². The van der Waals surface area contributed by atoms with Crippen molar-refractivity contribution in [2.45, 2.75) is 93.8 Å². The van der Waals surface area contributed by atoms with Crippen LogP contribution in [0.2, 0.25) is 0 Å². The normalized spacial score (nSPS) is 26.2. The maximum absolute atomic E-state index is 13.3. The van der Waals surface area contributed by atoms with E-state index in [1.807, 2.05) is 35.0 Å². The standard InChI is InChI=1S/C38H51N3O7S2/c1-41(26-8-12-28(13-9-26)48-37(45)38(46,33-4-2-22-49-33)34-5-3-23-50-34)20-21-47-27-10-6-25(7-11-27)18-19-39-24-32(43)29-14-16-31(42)36-30(29)15-17-35(44)40-36/h2-7,10-11,22-23,26,28-32,36,39,42-43,46H,8-9,12-21,24H2,1H3,(H,40,44)/t26?,28?,29?,30?,31?,32-,36?/m0/s1. The molecule has 0 radical (unpaired) electrons. The number of fused-ring (bicyclic) bond motifs is 1. The number of piperidine rings is 1. The Morgan fingerprint density at radius 1 is 1.02 bits per heavy atom. The summed E-state index contributed by atoms with van der Waals surface area (Å²) < 4.78 is 12.0. The molecule has 0 spiro atoms. The number of hydrogen-bond acceptors (Lipinski definition) is 11. The van der Waals surface area contributed by atoms with Crippen molar-refractivity contribution >= 4 is 34.6 Å². The number of rotatable bonds is 15. The fourth-order valence-corrected chi connectivity index (χ4v) is 9.66. The van der Waals surface area contributed by atoms with Crippen LogP contribution in [0.5, 0.6) is 5.75 Å². The molecule has 272 valence electrons. The summed E-state index contributed by atoms with van der Waals surface area (Å²) >= 11 is 2.71. The van der Waals surface area contributed by atoms with Gasteiger partial charge in [-0.1, -0.05) is 24.3 Å². The molecule has 0 bridgehead atoms. The zero-order valence-electron chi connectivity index (χ0n) is 28.7. The highest BCUT2D eigenvalue weighted by atomic mass is 32.1. The van der Waals surface area contributed by atoms with Gasteiger partial charge in [0.1, 0.15) is 18.5 Å². The van der Waals surface area contributed by atoms with Crippen molar-refractivity contribution in [1.29, 1.82) is 0 Å². The Hall–Kier alpha value is -2.84. The lowest BCUT2D eigenvalue weighted by atomic mass is 9.68. The molecule has 2 saturated carbocycles. The Morgan fingerprint density at radius 2 is 1.72 bits per heavy atom. The van der Waals surface area contributed by atoms with Gasteiger partial charge in [0.15, 0.2) is 0 Å². The summed E-state index contributed by atoms with van der Waals surface area (Å²) in [5, 5.41) is 42.9. The van der Waals surface area contributed by atoms with Gasteiger partial charge in [-0.3, -0.25) is 4.79 Å². The lowest BCUT2D eigenvalue weighted by molar-refractivity contribution is -0.169. The van der Waals surface area contributed by atoms with E-state index in [1.54, 1.807) is 12.1 Å². The van der Waals surface area contributed by atoms with Gasteiger partial charge in [-0.2, -0.15) is 0 Å². The van der Waals surface area contributed by atoms with Crippen molar-refractivity contribution in [2.24, 2.45) is 11.8 Å². The molecule has 1 amide bonds. The van der Waals surface area contributed by atoms with E-state index in [4.69, 9.17) is 9.47 Å². The van der Waals surface area contributed by atoms with E-state index < -0.39 is 23.8 Å². The van der Waals surface area contributed by atoms with E-state index >= 15 is 0 Å². The molecule has 3 aromatic rings. The first-order valence-corrected chi connectivity index (χ1v) is 19.8. The van der Waals surface area contributed by atoms with Gasteiger partial charge >= 0.3 is 5.97 Å². The highest BCUT2D eigenvalue weighted by molar-refractivity contribution is 7.12. The molecule has 10 nitrogen and oxygen atoms in total. The summed E-state index contributed by atoms with van der Waals surface area (Å²) in [5.74, 6) is 0.428. The fourth-order valence-electron chi connectivity index (χ4n) is 7.95. The predicted molar refractivity (Wildman–Crippen MR) is 194 cm³/mol. The second kappa shape index (κ2) is 17.1. The molecule has 5 atom stereocenters. The number of benzene rings is 1. The quantitative estimate of drug-likeness (QED) is 0.116. The van der Waals surface area contributed by atoms with Crippen LogP contribution in [0.4, 0.5) is 0 Å². The van der Waals surface area contributed by atoms with Crippen LogP contribution < -0.4 is 15.4 Å². The van der Waals surface area contributed by atoms with Crippen LogP contribution in [0.3, 0.4) is 0 Å². The van der Waals surface area contributed by atoms with Crippen molar-refractivity contribution in [2.75, 3.05) is 33.3 Å². The second-order valence-electron chi connectivity index (χ2n) is 14.1. The van der Waals surface area contributed by atoms with Crippen LogP contribution in [0, 0.1) is 11.8 Å². The molecule has 1 aromatic carbocycles.